The van der Waals surface area contributed by atoms with Crippen LogP contribution < -0.4 is 15.4 Å². The Morgan fingerprint density at radius 3 is 2.42 bits per heavy atom. The molecule has 3 rings (SSSR count). The summed E-state index contributed by atoms with van der Waals surface area (Å²) in [7, 11) is 1.18. The minimum atomic E-state index is -4.87. The van der Waals surface area contributed by atoms with Crippen molar-refractivity contribution in [2.45, 2.75) is 18.5 Å². The van der Waals surface area contributed by atoms with Crippen LogP contribution in [0.25, 0.3) is 0 Å². The zero-order valence-corrected chi connectivity index (χ0v) is 15.9. The van der Waals surface area contributed by atoms with E-state index in [1.807, 2.05) is 0 Å². The Balaban J connectivity index is 1.87. The molecule has 2 aromatic rings. The first-order valence-electron chi connectivity index (χ1n) is 8.94. The van der Waals surface area contributed by atoms with Gasteiger partial charge in [0.05, 0.1) is 12.7 Å². The summed E-state index contributed by atoms with van der Waals surface area (Å²) < 4.78 is 84.6. The van der Waals surface area contributed by atoms with Gasteiger partial charge < -0.3 is 15.4 Å². The molecular formula is C20H16F6N2O3. The summed E-state index contributed by atoms with van der Waals surface area (Å²) >= 11 is 0. The Bertz CT molecular complexity index is 1020. The van der Waals surface area contributed by atoms with Crippen LogP contribution in [0.15, 0.2) is 36.4 Å². The molecule has 1 aliphatic carbocycles. The van der Waals surface area contributed by atoms with Crippen LogP contribution >= 0.6 is 0 Å². The van der Waals surface area contributed by atoms with E-state index in [1.54, 1.807) is 0 Å². The molecule has 2 N–H and O–H groups in total. The number of alkyl halides is 5. The summed E-state index contributed by atoms with van der Waals surface area (Å²) in [6.07, 6.45) is -5.28. The fourth-order valence-corrected chi connectivity index (χ4v) is 2.89. The molecule has 2 aromatic carbocycles. The maximum Gasteiger partial charge on any atom is 0.416 e. The maximum absolute atomic E-state index is 14.1. The Morgan fingerprint density at radius 2 is 1.84 bits per heavy atom. The monoisotopic (exact) mass is 446 g/mol. The average molecular weight is 446 g/mol. The summed E-state index contributed by atoms with van der Waals surface area (Å²) in [6.45, 7) is -0.407. The van der Waals surface area contributed by atoms with Crippen molar-refractivity contribution in [2.24, 2.45) is 5.92 Å². The molecule has 2 amide bonds. The minimum absolute atomic E-state index is 0.146. The van der Waals surface area contributed by atoms with Crippen molar-refractivity contribution < 1.29 is 40.7 Å². The second-order valence-corrected chi connectivity index (χ2v) is 6.94. The SMILES string of the molecule is COc1cccc(F)c1C(=O)Nc1cc(C(=O)NCC2CC2(F)F)cc(C(F)(F)F)c1. The molecule has 0 heterocycles. The van der Waals surface area contributed by atoms with Crippen molar-refractivity contribution in [2.75, 3.05) is 19.0 Å². The van der Waals surface area contributed by atoms with Gasteiger partial charge in [0, 0.05) is 30.1 Å². The van der Waals surface area contributed by atoms with E-state index < -0.39 is 71.0 Å². The number of carbonyl (C=O) groups is 2. The molecule has 0 aliphatic heterocycles. The van der Waals surface area contributed by atoms with Crippen LogP contribution in [0.4, 0.5) is 32.0 Å². The predicted octanol–water partition coefficient (Wildman–Crippen LogP) is 4.49. The Hall–Kier alpha value is -3.24. The van der Waals surface area contributed by atoms with E-state index >= 15 is 0 Å². The van der Waals surface area contributed by atoms with Gasteiger partial charge in [-0.2, -0.15) is 13.2 Å². The molecule has 31 heavy (non-hydrogen) atoms. The van der Waals surface area contributed by atoms with Gasteiger partial charge in [-0.25, -0.2) is 13.2 Å². The standard InChI is InChI=1S/C20H16F6N2O3/c1-31-15-4-2-3-14(21)16(15)18(30)28-13-6-10(5-11(7-13)20(24,25)26)17(29)27-9-12-8-19(12,22)23/h2-7,12H,8-9H2,1H3,(H,27,29)(H,28,30). The van der Waals surface area contributed by atoms with Crippen molar-refractivity contribution >= 4 is 17.5 Å². The van der Waals surface area contributed by atoms with Crippen LogP contribution in [-0.2, 0) is 6.18 Å². The number of carbonyl (C=O) groups excluding carboxylic acids is 2. The van der Waals surface area contributed by atoms with Crippen molar-refractivity contribution in [3.8, 4) is 5.75 Å². The van der Waals surface area contributed by atoms with Crippen LogP contribution in [-0.4, -0.2) is 31.4 Å². The summed E-state index contributed by atoms with van der Waals surface area (Å²) in [4.78, 5) is 24.7. The highest BCUT2D eigenvalue weighted by Crippen LogP contribution is 2.48. The van der Waals surface area contributed by atoms with Crippen molar-refractivity contribution in [1.29, 1.82) is 0 Å². The largest absolute Gasteiger partial charge is 0.496 e. The fraction of sp³-hybridized carbons (Fsp3) is 0.300. The normalized spacial score (nSPS) is 17.1. The molecule has 0 bridgehead atoms. The number of hydrogen-bond acceptors (Lipinski definition) is 3. The molecule has 166 valence electrons. The molecule has 1 unspecified atom stereocenters. The number of hydrogen-bond donors (Lipinski definition) is 2. The minimum Gasteiger partial charge on any atom is -0.496 e. The van der Waals surface area contributed by atoms with Gasteiger partial charge in [0.1, 0.15) is 17.1 Å². The van der Waals surface area contributed by atoms with E-state index in [9.17, 15) is 35.9 Å². The molecule has 0 aromatic heterocycles. The lowest BCUT2D eigenvalue weighted by molar-refractivity contribution is -0.137. The maximum atomic E-state index is 14.1. The number of benzene rings is 2. The van der Waals surface area contributed by atoms with Crippen LogP contribution in [0.5, 0.6) is 5.75 Å². The van der Waals surface area contributed by atoms with Gasteiger partial charge in [0.2, 0.25) is 0 Å². The number of rotatable bonds is 6. The number of ether oxygens (including phenoxy) is 1. The lowest BCUT2D eigenvalue weighted by Gasteiger charge is -2.14. The second kappa shape index (κ2) is 8.12. The smallest absolute Gasteiger partial charge is 0.416 e. The van der Waals surface area contributed by atoms with Gasteiger partial charge in [-0.3, -0.25) is 9.59 Å². The van der Waals surface area contributed by atoms with E-state index in [2.05, 4.69) is 10.6 Å². The van der Waals surface area contributed by atoms with Crippen LogP contribution in [0.1, 0.15) is 32.7 Å². The van der Waals surface area contributed by atoms with Crippen molar-refractivity contribution in [1.82, 2.24) is 5.32 Å². The zero-order chi connectivity index (χ0) is 23.0. The Kier molecular flexibility index (Phi) is 5.88. The van der Waals surface area contributed by atoms with E-state index in [1.165, 1.54) is 19.2 Å². The molecule has 1 atom stereocenters. The second-order valence-electron chi connectivity index (χ2n) is 6.94. The summed E-state index contributed by atoms with van der Waals surface area (Å²) in [5.74, 6) is -7.21. The molecule has 0 saturated heterocycles. The number of halogens is 6. The first kappa shape index (κ1) is 22.4. The fourth-order valence-electron chi connectivity index (χ4n) is 2.89. The van der Waals surface area contributed by atoms with Crippen molar-refractivity contribution in [3.05, 3.63) is 58.9 Å². The lowest BCUT2D eigenvalue weighted by atomic mass is 10.1. The Labute approximate surface area is 172 Å². The van der Waals surface area contributed by atoms with E-state index in [0.717, 1.165) is 12.1 Å². The molecule has 1 aliphatic rings. The molecule has 11 heteroatoms. The van der Waals surface area contributed by atoms with E-state index in [0.29, 0.717) is 12.1 Å². The molecule has 5 nitrogen and oxygen atoms in total. The highest BCUT2D eigenvalue weighted by molar-refractivity contribution is 6.07. The predicted molar refractivity (Wildman–Crippen MR) is 97.7 cm³/mol. The summed E-state index contributed by atoms with van der Waals surface area (Å²) in [5, 5.41) is 4.27. The summed E-state index contributed by atoms with van der Waals surface area (Å²) in [5.41, 5.74) is -2.74. The molecule has 1 fully saturated rings. The van der Waals surface area contributed by atoms with Gasteiger partial charge in [0.15, 0.2) is 0 Å². The van der Waals surface area contributed by atoms with E-state index in [4.69, 9.17) is 4.74 Å². The highest BCUT2D eigenvalue weighted by atomic mass is 19.4. The lowest BCUT2D eigenvalue weighted by Crippen LogP contribution is -2.27. The topological polar surface area (TPSA) is 67.4 Å². The third-order valence-corrected chi connectivity index (χ3v) is 4.67. The third-order valence-electron chi connectivity index (χ3n) is 4.67. The van der Waals surface area contributed by atoms with Crippen molar-refractivity contribution in [3.63, 3.8) is 0 Å². The first-order valence-corrected chi connectivity index (χ1v) is 8.94. The molecule has 0 spiro atoms. The number of methoxy groups -OCH3 is 1. The van der Waals surface area contributed by atoms with E-state index in [-0.39, 0.29) is 5.75 Å². The summed E-state index contributed by atoms with van der Waals surface area (Å²) in [6, 6.07) is 5.56. The number of anilines is 1. The van der Waals surface area contributed by atoms with Gasteiger partial charge in [-0.05, 0) is 30.3 Å². The average Bonchev–Trinajstić information content (AvgIpc) is 3.31. The Morgan fingerprint density at radius 1 is 1.16 bits per heavy atom. The van der Waals surface area contributed by atoms with Crippen LogP contribution in [0.3, 0.4) is 0 Å². The highest BCUT2D eigenvalue weighted by Gasteiger charge is 2.56. The molecular weight excluding hydrogens is 430 g/mol. The number of nitrogens with one attached hydrogen (secondary N) is 2. The zero-order valence-electron chi connectivity index (χ0n) is 15.9. The van der Waals surface area contributed by atoms with Gasteiger partial charge >= 0.3 is 6.18 Å². The number of amides is 2. The molecule has 1 saturated carbocycles. The van der Waals surface area contributed by atoms with Gasteiger partial charge in [0.25, 0.3) is 17.7 Å². The van der Waals surface area contributed by atoms with Gasteiger partial charge in [-0.15, -0.1) is 0 Å². The first-order chi connectivity index (χ1) is 14.4. The molecule has 0 radical (unpaired) electrons. The quantitative estimate of drug-likeness (QED) is 0.643. The van der Waals surface area contributed by atoms with Gasteiger partial charge in [-0.1, -0.05) is 6.07 Å². The third kappa shape index (κ3) is 5.09. The van der Waals surface area contributed by atoms with Crippen LogP contribution in [0, 0.1) is 11.7 Å². The van der Waals surface area contributed by atoms with Crippen LogP contribution in [0.2, 0.25) is 0 Å².